The summed E-state index contributed by atoms with van der Waals surface area (Å²) in [4.78, 5) is 11.1. The monoisotopic (exact) mass is 202 g/mol. The molecule has 0 atom stereocenters. The summed E-state index contributed by atoms with van der Waals surface area (Å²) in [6.07, 6.45) is 2.34. The second-order valence-corrected chi connectivity index (χ2v) is 3.60. The van der Waals surface area contributed by atoms with Crippen LogP contribution in [0, 0.1) is 0 Å². The lowest BCUT2D eigenvalue weighted by Crippen LogP contribution is -2.23. The fourth-order valence-electron chi connectivity index (χ4n) is 1.75. The smallest absolute Gasteiger partial charge is 0.247 e. The van der Waals surface area contributed by atoms with Gasteiger partial charge < -0.3 is 10.6 Å². The zero-order valence-corrected chi connectivity index (χ0v) is 8.55. The molecule has 1 heterocycles. The highest BCUT2D eigenvalue weighted by Crippen LogP contribution is 2.18. The van der Waals surface area contributed by atoms with Crippen LogP contribution in [-0.4, -0.2) is 12.5 Å². The minimum absolute atomic E-state index is 0.168. The molecule has 0 aromatic heterocycles. The average Bonchev–Trinajstić information content (AvgIpc) is 2.29. The van der Waals surface area contributed by atoms with Gasteiger partial charge in [0.2, 0.25) is 5.91 Å². The van der Waals surface area contributed by atoms with E-state index in [0.717, 1.165) is 25.2 Å². The first-order valence-electron chi connectivity index (χ1n) is 5.05. The Morgan fingerprint density at radius 3 is 3.13 bits per heavy atom. The quantitative estimate of drug-likeness (QED) is 0.713. The molecule has 1 aromatic carbocycles. The van der Waals surface area contributed by atoms with Crippen LogP contribution >= 0.6 is 0 Å². The highest BCUT2D eigenvalue weighted by atomic mass is 16.1. The molecule has 0 aliphatic carbocycles. The second-order valence-electron chi connectivity index (χ2n) is 3.60. The largest absolute Gasteiger partial charge is 0.323 e. The maximum atomic E-state index is 11.1. The Hall–Kier alpha value is -1.61. The normalized spacial score (nSPS) is 14.1. The average molecular weight is 202 g/mol. The first-order valence-corrected chi connectivity index (χ1v) is 5.05. The SMILES string of the molecule is C=CC(=O)Nc1ccc2c(c1)CNCC2. The van der Waals surface area contributed by atoms with Crippen molar-refractivity contribution in [3.05, 3.63) is 42.0 Å². The summed E-state index contributed by atoms with van der Waals surface area (Å²) in [5.41, 5.74) is 3.47. The zero-order valence-electron chi connectivity index (χ0n) is 8.55. The molecule has 2 N–H and O–H groups in total. The number of nitrogens with one attached hydrogen (secondary N) is 2. The molecule has 1 aliphatic rings. The maximum Gasteiger partial charge on any atom is 0.247 e. The van der Waals surface area contributed by atoms with Gasteiger partial charge in [-0.05, 0) is 42.3 Å². The molecule has 0 saturated heterocycles. The molecule has 1 aliphatic heterocycles. The highest BCUT2D eigenvalue weighted by molar-refractivity contribution is 5.98. The van der Waals surface area contributed by atoms with Crippen LogP contribution < -0.4 is 10.6 Å². The van der Waals surface area contributed by atoms with E-state index < -0.39 is 0 Å². The van der Waals surface area contributed by atoms with Crippen molar-refractivity contribution in [2.75, 3.05) is 11.9 Å². The molecule has 3 heteroatoms. The lowest BCUT2D eigenvalue weighted by atomic mass is 10.0. The Bertz CT molecular complexity index is 399. The van der Waals surface area contributed by atoms with Crippen molar-refractivity contribution in [1.29, 1.82) is 0 Å². The van der Waals surface area contributed by atoms with Crippen LogP contribution in [0.2, 0.25) is 0 Å². The predicted molar refractivity (Wildman–Crippen MR) is 60.7 cm³/mol. The topological polar surface area (TPSA) is 41.1 Å². The minimum Gasteiger partial charge on any atom is -0.323 e. The van der Waals surface area contributed by atoms with Crippen LogP contribution in [0.3, 0.4) is 0 Å². The molecular formula is C12H14N2O. The molecule has 0 radical (unpaired) electrons. The number of hydrogen-bond acceptors (Lipinski definition) is 2. The third-order valence-electron chi connectivity index (χ3n) is 2.55. The summed E-state index contributed by atoms with van der Waals surface area (Å²) in [6, 6.07) is 6.03. The molecule has 0 bridgehead atoms. The van der Waals surface area contributed by atoms with Crippen molar-refractivity contribution in [1.82, 2.24) is 5.32 Å². The van der Waals surface area contributed by atoms with Gasteiger partial charge in [0.15, 0.2) is 0 Å². The third-order valence-corrected chi connectivity index (χ3v) is 2.55. The molecule has 1 amide bonds. The summed E-state index contributed by atoms with van der Waals surface area (Å²) in [5, 5.41) is 6.06. The van der Waals surface area contributed by atoms with Crippen LogP contribution in [0.15, 0.2) is 30.9 Å². The number of rotatable bonds is 2. The van der Waals surface area contributed by atoms with Crippen molar-refractivity contribution in [2.45, 2.75) is 13.0 Å². The second kappa shape index (κ2) is 4.28. The Labute approximate surface area is 89.2 Å². The maximum absolute atomic E-state index is 11.1. The van der Waals surface area contributed by atoms with Crippen LogP contribution in [0.5, 0.6) is 0 Å². The first kappa shape index (κ1) is 9.93. The molecule has 1 aromatic rings. The molecule has 0 saturated carbocycles. The number of carbonyl (C=O) groups excluding carboxylic acids is 1. The van der Waals surface area contributed by atoms with E-state index in [2.05, 4.69) is 23.3 Å². The Morgan fingerprint density at radius 2 is 2.33 bits per heavy atom. The third kappa shape index (κ3) is 2.25. The van der Waals surface area contributed by atoms with Gasteiger partial charge in [-0.15, -0.1) is 0 Å². The molecular weight excluding hydrogens is 188 g/mol. The first-order chi connectivity index (χ1) is 7.29. The highest BCUT2D eigenvalue weighted by Gasteiger charge is 2.08. The summed E-state index contributed by atoms with van der Waals surface area (Å²) < 4.78 is 0. The van der Waals surface area contributed by atoms with Crippen molar-refractivity contribution >= 4 is 11.6 Å². The van der Waals surface area contributed by atoms with Gasteiger partial charge in [-0.1, -0.05) is 12.6 Å². The lowest BCUT2D eigenvalue weighted by molar-refractivity contribution is -0.111. The zero-order chi connectivity index (χ0) is 10.7. The predicted octanol–water partition coefficient (Wildman–Crippen LogP) is 1.46. The number of benzene rings is 1. The van der Waals surface area contributed by atoms with E-state index in [9.17, 15) is 4.79 Å². The van der Waals surface area contributed by atoms with Gasteiger partial charge in [0, 0.05) is 12.2 Å². The van der Waals surface area contributed by atoms with Crippen LogP contribution in [0.1, 0.15) is 11.1 Å². The van der Waals surface area contributed by atoms with E-state index in [1.165, 1.54) is 17.2 Å². The molecule has 3 nitrogen and oxygen atoms in total. The van der Waals surface area contributed by atoms with Gasteiger partial charge in [0.1, 0.15) is 0 Å². The summed E-state index contributed by atoms with van der Waals surface area (Å²) in [6.45, 7) is 5.34. The fourth-order valence-corrected chi connectivity index (χ4v) is 1.75. The molecule has 0 spiro atoms. The van der Waals surface area contributed by atoms with Gasteiger partial charge in [0.25, 0.3) is 0 Å². The molecule has 0 unspecified atom stereocenters. The molecule has 2 rings (SSSR count). The molecule has 0 fully saturated rings. The molecule has 15 heavy (non-hydrogen) atoms. The van der Waals surface area contributed by atoms with E-state index in [1.54, 1.807) is 0 Å². The van der Waals surface area contributed by atoms with Crippen LogP contribution in [0.25, 0.3) is 0 Å². The van der Waals surface area contributed by atoms with Gasteiger partial charge >= 0.3 is 0 Å². The van der Waals surface area contributed by atoms with Gasteiger partial charge in [0.05, 0.1) is 0 Å². The van der Waals surface area contributed by atoms with Gasteiger partial charge in [-0.3, -0.25) is 4.79 Å². The van der Waals surface area contributed by atoms with Gasteiger partial charge in [-0.25, -0.2) is 0 Å². The lowest BCUT2D eigenvalue weighted by Gasteiger charge is -2.17. The fraction of sp³-hybridized carbons (Fsp3) is 0.250. The standard InChI is InChI=1S/C12H14N2O/c1-2-12(15)14-11-4-3-9-5-6-13-8-10(9)7-11/h2-4,7,13H,1,5-6,8H2,(H,14,15). The number of fused-ring (bicyclic) bond motifs is 1. The summed E-state index contributed by atoms with van der Waals surface area (Å²) in [7, 11) is 0. The van der Waals surface area contributed by atoms with E-state index in [1.807, 2.05) is 12.1 Å². The van der Waals surface area contributed by atoms with E-state index in [0.29, 0.717) is 0 Å². The number of carbonyl (C=O) groups is 1. The number of amides is 1. The summed E-state index contributed by atoms with van der Waals surface area (Å²) in [5.74, 6) is -0.168. The van der Waals surface area contributed by atoms with Gasteiger partial charge in [-0.2, -0.15) is 0 Å². The van der Waals surface area contributed by atoms with Crippen molar-refractivity contribution < 1.29 is 4.79 Å². The van der Waals surface area contributed by atoms with E-state index >= 15 is 0 Å². The number of hydrogen-bond donors (Lipinski definition) is 2. The van der Waals surface area contributed by atoms with E-state index in [4.69, 9.17) is 0 Å². The van der Waals surface area contributed by atoms with E-state index in [-0.39, 0.29) is 5.91 Å². The van der Waals surface area contributed by atoms with Crippen molar-refractivity contribution in [3.8, 4) is 0 Å². The van der Waals surface area contributed by atoms with Crippen molar-refractivity contribution in [2.24, 2.45) is 0 Å². The summed E-state index contributed by atoms with van der Waals surface area (Å²) >= 11 is 0. The van der Waals surface area contributed by atoms with Crippen molar-refractivity contribution in [3.63, 3.8) is 0 Å². The minimum atomic E-state index is -0.168. The Balaban J connectivity index is 2.20. The molecule has 78 valence electrons. The van der Waals surface area contributed by atoms with Crippen LogP contribution in [0.4, 0.5) is 5.69 Å². The Kier molecular flexibility index (Phi) is 2.83. The Morgan fingerprint density at radius 1 is 1.47 bits per heavy atom. The van der Waals surface area contributed by atoms with Crippen LogP contribution in [-0.2, 0) is 17.8 Å². The number of anilines is 1.